The standard InChI is InChI=1S/C14H20N4/c1-11-5-3-4-6-12(11)7-8-14(17-15)13-9-16-18(2)10-13/h3-6,9-10,14,17H,7-8,15H2,1-2H3. The van der Waals surface area contributed by atoms with E-state index in [0.717, 1.165) is 18.4 Å². The Morgan fingerprint density at radius 3 is 2.78 bits per heavy atom. The van der Waals surface area contributed by atoms with Crippen LogP contribution in [-0.4, -0.2) is 9.78 Å². The SMILES string of the molecule is Cc1ccccc1CCC(NN)c1cnn(C)c1. The van der Waals surface area contributed by atoms with Gasteiger partial charge in [0, 0.05) is 24.8 Å². The Morgan fingerprint density at radius 1 is 1.39 bits per heavy atom. The maximum Gasteiger partial charge on any atom is 0.0538 e. The molecular formula is C14H20N4. The van der Waals surface area contributed by atoms with Crippen molar-refractivity contribution in [3.8, 4) is 0 Å². The molecule has 2 rings (SSSR count). The molecule has 1 atom stereocenters. The first-order valence-corrected chi connectivity index (χ1v) is 6.20. The number of nitrogens with one attached hydrogen (secondary N) is 1. The van der Waals surface area contributed by atoms with Gasteiger partial charge < -0.3 is 0 Å². The molecular weight excluding hydrogens is 224 g/mol. The summed E-state index contributed by atoms with van der Waals surface area (Å²) in [6, 6.07) is 8.62. The van der Waals surface area contributed by atoms with Gasteiger partial charge in [-0.25, -0.2) is 0 Å². The molecule has 0 radical (unpaired) electrons. The van der Waals surface area contributed by atoms with Crippen LogP contribution in [0.15, 0.2) is 36.7 Å². The molecule has 0 spiro atoms. The molecule has 2 aromatic rings. The molecule has 1 heterocycles. The fourth-order valence-electron chi connectivity index (χ4n) is 2.16. The zero-order chi connectivity index (χ0) is 13.0. The molecule has 4 nitrogen and oxygen atoms in total. The van der Waals surface area contributed by atoms with Gasteiger partial charge >= 0.3 is 0 Å². The summed E-state index contributed by atoms with van der Waals surface area (Å²) in [7, 11) is 1.92. The number of benzene rings is 1. The molecule has 1 aromatic carbocycles. The Kier molecular flexibility index (Phi) is 4.12. The molecule has 0 amide bonds. The van der Waals surface area contributed by atoms with Gasteiger partial charge in [-0.15, -0.1) is 0 Å². The molecule has 18 heavy (non-hydrogen) atoms. The maximum atomic E-state index is 5.63. The Hall–Kier alpha value is -1.65. The minimum absolute atomic E-state index is 0.151. The van der Waals surface area contributed by atoms with Crippen molar-refractivity contribution >= 4 is 0 Å². The number of hydrogen-bond acceptors (Lipinski definition) is 3. The van der Waals surface area contributed by atoms with Gasteiger partial charge in [0.15, 0.2) is 0 Å². The van der Waals surface area contributed by atoms with Crippen LogP contribution in [0.5, 0.6) is 0 Å². The number of hydrogen-bond donors (Lipinski definition) is 2. The fraction of sp³-hybridized carbons (Fsp3) is 0.357. The molecule has 0 aliphatic heterocycles. The molecule has 1 aromatic heterocycles. The van der Waals surface area contributed by atoms with Gasteiger partial charge in [-0.2, -0.15) is 5.10 Å². The van der Waals surface area contributed by atoms with Crippen LogP contribution in [0.2, 0.25) is 0 Å². The van der Waals surface area contributed by atoms with Crippen molar-refractivity contribution in [3.63, 3.8) is 0 Å². The van der Waals surface area contributed by atoms with Gasteiger partial charge in [0.1, 0.15) is 0 Å². The second kappa shape index (κ2) is 5.80. The summed E-state index contributed by atoms with van der Waals surface area (Å²) >= 11 is 0. The zero-order valence-electron chi connectivity index (χ0n) is 10.9. The minimum Gasteiger partial charge on any atom is -0.275 e. The Labute approximate surface area is 108 Å². The predicted molar refractivity (Wildman–Crippen MR) is 72.8 cm³/mol. The summed E-state index contributed by atoms with van der Waals surface area (Å²) < 4.78 is 1.80. The smallest absolute Gasteiger partial charge is 0.0538 e. The summed E-state index contributed by atoms with van der Waals surface area (Å²) in [6.07, 6.45) is 5.84. The highest BCUT2D eigenvalue weighted by atomic mass is 15.3. The van der Waals surface area contributed by atoms with Gasteiger partial charge in [0.05, 0.1) is 6.20 Å². The average Bonchev–Trinajstić information content (AvgIpc) is 2.79. The van der Waals surface area contributed by atoms with E-state index in [1.54, 1.807) is 4.68 Å². The Bertz CT molecular complexity index is 504. The normalized spacial score (nSPS) is 12.6. The quantitative estimate of drug-likeness (QED) is 0.623. The van der Waals surface area contributed by atoms with E-state index < -0.39 is 0 Å². The third-order valence-corrected chi connectivity index (χ3v) is 3.29. The van der Waals surface area contributed by atoms with E-state index in [-0.39, 0.29) is 6.04 Å². The first kappa shape index (κ1) is 12.8. The van der Waals surface area contributed by atoms with Gasteiger partial charge in [-0.1, -0.05) is 24.3 Å². The number of aryl methyl sites for hydroxylation is 3. The first-order valence-electron chi connectivity index (χ1n) is 6.20. The molecule has 3 N–H and O–H groups in total. The largest absolute Gasteiger partial charge is 0.275 e. The van der Waals surface area contributed by atoms with Crippen molar-refractivity contribution in [1.82, 2.24) is 15.2 Å². The molecule has 0 aliphatic rings. The lowest BCUT2D eigenvalue weighted by Crippen LogP contribution is -2.28. The summed E-state index contributed by atoms with van der Waals surface area (Å²) in [5.41, 5.74) is 6.71. The Balaban J connectivity index is 2.02. The predicted octanol–water partition coefficient (Wildman–Crippen LogP) is 1.87. The molecule has 1 unspecified atom stereocenters. The van der Waals surface area contributed by atoms with Crippen LogP contribution in [0.25, 0.3) is 0 Å². The second-order valence-corrected chi connectivity index (χ2v) is 4.63. The van der Waals surface area contributed by atoms with E-state index in [2.05, 4.69) is 41.7 Å². The van der Waals surface area contributed by atoms with Crippen molar-refractivity contribution in [3.05, 3.63) is 53.3 Å². The van der Waals surface area contributed by atoms with E-state index in [9.17, 15) is 0 Å². The zero-order valence-corrected chi connectivity index (χ0v) is 10.9. The molecule has 0 fully saturated rings. The van der Waals surface area contributed by atoms with Crippen LogP contribution < -0.4 is 11.3 Å². The topological polar surface area (TPSA) is 55.9 Å². The summed E-state index contributed by atoms with van der Waals surface area (Å²) in [4.78, 5) is 0. The number of nitrogens with zero attached hydrogens (tertiary/aromatic N) is 2. The molecule has 0 aliphatic carbocycles. The second-order valence-electron chi connectivity index (χ2n) is 4.63. The van der Waals surface area contributed by atoms with Gasteiger partial charge in [0.2, 0.25) is 0 Å². The number of aromatic nitrogens is 2. The lowest BCUT2D eigenvalue weighted by molar-refractivity contribution is 0.515. The molecule has 4 heteroatoms. The van der Waals surface area contributed by atoms with E-state index in [1.165, 1.54) is 11.1 Å². The van der Waals surface area contributed by atoms with E-state index in [0.29, 0.717) is 0 Å². The molecule has 0 saturated heterocycles. The molecule has 0 saturated carbocycles. The Morgan fingerprint density at radius 2 is 2.17 bits per heavy atom. The summed E-state index contributed by atoms with van der Waals surface area (Å²) in [5, 5.41) is 4.18. The van der Waals surface area contributed by atoms with Crippen molar-refractivity contribution in [1.29, 1.82) is 0 Å². The van der Waals surface area contributed by atoms with E-state index in [4.69, 9.17) is 5.84 Å². The fourth-order valence-corrected chi connectivity index (χ4v) is 2.16. The lowest BCUT2D eigenvalue weighted by Gasteiger charge is -2.14. The molecule has 96 valence electrons. The number of nitrogens with two attached hydrogens (primary N) is 1. The molecule has 0 bridgehead atoms. The minimum atomic E-state index is 0.151. The lowest BCUT2D eigenvalue weighted by atomic mass is 9.99. The highest BCUT2D eigenvalue weighted by Crippen LogP contribution is 2.19. The van der Waals surface area contributed by atoms with E-state index in [1.807, 2.05) is 19.4 Å². The average molecular weight is 244 g/mol. The van der Waals surface area contributed by atoms with Crippen molar-refractivity contribution < 1.29 is 0 Å². The number of rotatable bonds is 5. The summed E-state index contributed by atoms with van der Waals surface area (Å²) in [5.74, 6) is 5.63. The third kappa shape index (κ3) is 2.97. The first-order chi connectivity index (χ1) is 8.70. The van der Waals surface area contributed by atoms with Gasteiger partial charge in [-0.05, 0) is 30.9 Å². The highest BCUT2D eigenvalue weighted by Gasteiger charge is 2.11. The van der Waals surface area contributed by atoms with Crippen molar-refractivity contribution in [2.75, 3.05) is 0 Å². The van der Waals surface area contributed by atoms with Crippen LogP contribution in [0, 0.1) is 6.92 Å². The van der Waals surface area contributed by atoms with Crippen molar-refractivity contribution in [2.45, 2.75) is 25.8 Å². The highest BCUT2D eigenvalue weighted by molar-refractivity contribution is 5.26. The summed E-state index contributed by atoms with van der Waals surface area (Å²) in [6.45, 7) is 2.14. The van der Waals surface area contributed by atoms with E-state index >= 15 is 0 Å². The van der Waals surface area contributed by atoms with Crippen molar-refractivity contribution in [2.24, 2.45) is 12.9 Å². The third-order valence-electron chi connectivity index (χ3n) is 3.29. The van der Waals surface area contributed by atoms with Gasteiger partial charge in [-0.3, -0.25) is 16.0 Å². The van der Waals surface area contributed by atoms with Crippen LogP contribution >= 0.6 is 0 Å². The van der Waals surface area contributed by atoms with Gasteiger partial charge in [0.25, 0.3) is 0 Å². The monoisotopic (exact) mass is 244 g/mol. The van der Waals surface area contributed by atoms with Crippen LogP contribution in [0.4, 0.5) is 0 Å². The maximum absolute atomic E-state index is 5.63. The number of hydrazine groups is 1. The van der Waals surface area contributed by atoms with Crippen LogP contribution in [-0.2, 0) is 13.5 Å². The van der Waals surface area contributed by atoms with Crippen LogP contribution in [0.3, 0.4) is 0 Å². The van der Waals surface area contributed by atoms with Crippen LogP contribution in [0.1, 0.15) is 29.2 Å².